The average molecular weight is 549 g/mol. The summed E-state index contributed by atoms with van der Waals surface area (Å²) < 4.78 is 5.23. The van der Waals surface area contributed by atoms with E-state index in [1.54, 1.807) is 19.2 Å². The Bertz CT molecular complexity index is 1370. The first-order chi connectivity index (χ1) is 18.9. The molecule has 39 heavy (non-hydrogen) atoms. The number of hydrogen-bond acceptors (Lipinski definition) is 5. The molecule has 1 heterocycles. The van der Waals surface area contributed by atoms with Crippen molar-refractivity contribution >= 4 is 34.1 Å². The minimum atomic E-state index is -0.411. The lowest BCUT2D eigenvalue weighted by atomic mass is 10.1. The van der Waals surface area contributed by atoms with Crippen LogP contribution in [0.25, 0.3) is 10.9 Å². The Kier molecular flexibility index (Phi) is 10.1. The van der Waals surface area contributed by atoms with E-state index in [-0.39, 0.29) is 18.1 Å². The number of halogens is 1. The van der Waals surface area contributed by atoms with Crippen molar-refractivity contribution in [3.8, 4) is 0 Å². The monoisotopic (exact) mass is 548 g/mol. The second-order valence-electron chi connectivity index (χ2n) is 9.53. The number of nitrogens with one attached hydrogen (secondary N) is 1. The number of aromatic nitrogens is 1. The van der Waals surface area contributed by atoms with Crippen molar-refractivity contribution in [1.29, 1.82) is 0 Å². The highest BCUT2D eigenvalue weighted by Gasteiger charge is 2.19. The van der Waals surface area contributed by atoms with E-state index in [4.69, 9.17) is 16.3 Å². The van der Waals surface area contributed by atoms with Crippen LogP contribution in [-0.4, -0.2) is 59.0 Å². The van der Waals surface area contributed by atoms with Gasteiger partial charge in [0, 0.05) is 74.2 Å². The van der Waals surface area contributed by atoms with Crippen LogP contribution in [0, 0.1) is 10.1 Å². The van der Waals surface area contributed by atoms with Crippen molar-refractivity contribution in [2.24, 2.45) is 0 Å². The highest BCUT2D eigenvalue weighted by molar-refractivity contribution is 6.30. The Morgan fingerprint density at radius 2 is 1.67 bits per heavy atom. The highest BCUT2D eigenvalue weighted by atomic mass is 35.5. The summed E-state index contributed by atoms with van der Waals surface area (Å²) in [6.45, 7) is 3.01. The van der Waals surface area contributed by atoms with Gasteiger partial charge in [0.2, 0.25) is 5.91 Å². The summed E-state index contributed by atoms with van der Waals surface area (Å²) in [6, 6.07) is 22.2. The standard InChI is InChI=1S/C30H33ClN4O4/c1-39-18-4-16-33(20-23-9-13-27(14-10-23)35(37)38)22-30(36)34(21-24-7-11-26(31)12-8-24)17-15-25-19-32-29-6-3-2-5-28(25)29/h2-3,5-14,19,32H,4,15-18,20-22H2,1H3. The Morgan fingerprint density at radius 3 is 2.38 bits per heavy atom. The predicted molar refractivity (Wildman–Crippen MR) is 154 cm³/mol. The summed E-state index contributed by atoms with van der Waals surface area (Å²) in [5.74, 6) is 0.0177. The van der Waals surface area contributed by atoms with Gasteiger partial charge in [0.15, 0.2) is 0 Å². The summed E-state index contributed by atoms with van der Waals surface area (Å²) >= 11 is 6.09. The molecule has 0 bridgehead atoms. The van der Waals surface area contributed by atoms with E-state index in [9.17, 15) is 14.9 Å². The fourth-order valence-electron chi connectivity index (χ4n) is 4.62. The normalized spacial score (nSPS) is 11.3. The van der Waals surface area contributed by atoms with Crippen molar-refractivity contribution < 1.29 is 14.5 Å². The molecule has 0 atom stereocenters. The third-order valence-electron chi connectivity index (χ3n) is 6.70. The first-order valence-electron chi connectivity index (χ1n) is 12.9. The van der Waals surface area contributed by atoms with Gasteiger partial charge < -0.3 is 14.6 Å². The molecule has 0 saturated carbocycles. The second-order valence-corrected chi connectivity index (χ2v) is 9.97. The van der Waals surface area contributed by atoms with Gasteiger partial charge in [0.1, 0.15) is 0 Å². The third-order valence-corrected chi connectivity index (χ3v) is 6.95. The van der Waals surface area contributed by atoms with Crippen LogP contribution in [0.4, 0.5) is 5.69 Å². The molecule has 4 rings (SSSR count). The molecule has 3 aromatic carbocycles. The van der Waals surface area contributed by atoms with E-state index in [0.717, 1.165) is 34.9 Å². The molecular weight excluding hydrogens is 516 g/mol. The van der Waals surface area contributed by atoms with Gasteiger partial charge in [-0.2, -0.15) is 0 Å². The van der Waals surface area contributed by atoms with Crippen LogP contribution in [-0.2, 0) is 29.0 Å². The van der Waals surface area contributed by atoms with Crippen molar-refractivity contribution in [2.45, 2.75) is 25.9 Å². The number of H-pyrrole nitrogens is 1. The molecule has 1 N–H and O–H groups in total. The summed E-state index contributed by atoms with van der Waals surface area (Å²) in [7, 11) is 1.66. The van der Waals surface area contributed by atoms with Crippen LogP contribution in [0.3, 0.4) is 0 Å². The number of nitrogens with zero attached hydrogens (tertiary/aromatic N) is 3. The number of benzene rings is 3. The van der Waals surface area contributed by atoms with Gasteiger partial charge in [-0.15, -0.1) is 0 Å². The molecule has 1 amide bonds. The van der Waals surface area contributed by atoms with Crippen LogP contribution in [0.2, 0.25) is 5.02 Å². The minimum absolute atomic E-state index is 0.0177. The lowest BCUT2D eigenvalue weighted by molar-refractivity contribution is -0.384. The number of amides is 1. The summed E-state index contributed by atoms with van der Waals surface area (Å²) in [5.41, 5.74) is 4.21. The van der Waals surface area contributed by atoms with Gasteiger partial charge in [-0.3, -0.25) is 19.8 Å². The van der Waals surface area contributed by atoms with Crippen LogP contribution in [0.1, 0.15) is 23.1 Å². The van der Waals surface area contributed by atoms with Gasteiger partial charge in [-0.05, 0) is 47.7 Å². The van der Waals surface area contributed by atoms with E-state index < -0.39 is 4.92 Å². The van der Waals surface area contributed by atoms with E-state index >= 15 is 0 Å². The number of para-hydroxylation sites is 1. The van der Waals surface area contributed by atoms with Gasteiger partial charge in [0.05, 0.1) is 11.5 Å². The van der Waals surface area contributed by atoms with E-state index in [0.29, 0.717) is 37.8 Å². The summed E-state index contributed by atoms with van der Waals surface area (Å²) in [5, 5.41) is 12.9. The maximum atomic E-state index is 13.7. The first-order valence-corrected chi connectivity index (χ1v) is 13.3. The lowest BCUT2D eigenvalue weighted by Crippen LogP contribution is -2.41. The average Bonchev–Trinajstić information content (AvgIpc) is 3.35. The van der Waals surface area contributed by atoms with Crippen molar-refractivity contribution in [1.82, 2.24) is 14.8 Å². The number of nitro benzene ring substituents is 1. The maximum absolute atomic E-state index is 13.7. The van der Waals surface area contributed by atoms with Crippen molar-refractivity contribution in [3.05, 3.63) is 111 Å². The van der Waals surface area contributed by atoms with Crippen molar-refractivity contribution in [3.63, 3.8) is 0 Å². The Morgan fingerprint density at radius 1 is 0.974 bits per heavy atom. The predicted octanol–water partition coefficient (Wildman–Crippen LogP) is 5.84. The molecule has 0 aliphatic carbocycles. The largest absolute Gasteiger partial charge is 0.385 e. The molecule has 0 aliphatic rings. The van der Waals surface area contributed by atoms with Crippen LogP contribution in [0.15, 0.2) is 79.0 Å². The Hall–Kier alpha value is -3.72. The van der Waals surface area contributed by atoms with Gasteiger partial charge in [-0.1, -0.05) is 54.1 Å². The molecular formula is C30H33ClN4O4. The number of rotatable bonds is 14. The Labute approximate surface area is 233 Å². The number of hydrogen-bond donors (Lipinski definition) is 1. The number of fused-ring (bicyclic) bond motifs is 1. The molecule has 8 nitrogen and oxygen atoms in total. The van der Waals surface area contributed by atoms with Crippen LogP contribution < -0.4 is 0 Å². The molecule has 0 radical (unpaired) electrons. The molecule has 0 unspecified atom stereocenters. The summed E-state index contributed by atoms with van der Waals surface area (Å²) in [4.78, 5) is 31.7. The molecule has 0 spiro atoms. The van der Waals surface area contributed by atoms with Crippen LogP contribution in [0.5, 0.6) is 0 Å². The molecule has 9 heteroatoms. The number of carbonyl (C=O) groups is 1. The van der Waals surface area contributed by atoms with E-state index in [1.807, 2.05) is 53.6 Å². The molecule has 0 aliphatic heterocycles. The highest BCUT2D eigenvalue weighted by Crippen LogP contribution is 2.20. The number of ether oxygens (including phenoxy) is 1. The fourth-order valence-corrected chi connectivity index (χ4v) is 4.74. The number of carbonyl (C=O) groups excluding carboxylic acids is 1. The zero-order valence-electron chi connectivity index (χ0n) is 22.0. The zero-order valence-corrected chi connectivity index (χ0v) is 22.8. The fraction of sp³-hybridized carbons (Fsp3) is 0.300. The quantitative estimate of drug-likeness (QED) is 0.121. The number of aromatic amines is 1. The molecule has 0 fully saturated rings. The number of non-ortho nitro benzene ring substituents is 1. The van der Waals surface area contributed by atoms with Crippen LogP contribution >= 0.6 is 11.6 Å². The SMILES string of the molecule is COCCCN(CC(=O)N(CCc1c[nH]c2ccccc12)Cc1ccc(Cl)cc1)Cc1ccc([N+](=O)[O-])cc1. The molecule has 1 aromatic heterocycles. The first kappa shape index (κ1) is 28.3. The number of nitro groups is 1. The van der Waals surface area contributed by atoms with Crippen molar-refractivity contribution in [2.75, 3.05) is 33.4 Å². The smallest absolute Gasteiger partial charge is 0.269 e. The maximum Gasteiger partial charge on any atom is 0.269 e. The molecule has 0 saturated heterocycles. The van der Waals surface area contributed by atoms with Gasteiger partial charge >= 0.3 is 0 Å². The lowest BCUT2D eigenvalue weighted by Gasteiger charge is -2.28. The minimum Gasteiger partial charge on any atom is -0.385 e. The Balaban J connectivity index is 1.50. The molecule has 4 aromatic rings. The van der Waals surface area contributed by atoms with E-state index in [1.165, 1.54) is 17.7 Å². The third kappa shape index (κ3) is 8.13. The topological polar surface area (TPSA) is 91.7 Å². The van der Waals surface area contributed by atoms with E-state index in [2.05, 4.69) is 16.0 Å². The van der Waals surface area contributed by atoms with Gasteiger partial charge in [0.25, 0.3) is 5.69 Å². The zero-order chi connectivity index (χ0) is 27.6. The van der Waals surface area contributed by atoms with Gasteiger partial charge in [-0.25, -0.2) is 0 Å². The number of methoxy groups -OCH3 is 1. The molecule has 204 valence electrons. The summed E-state index contributed by atoms with van der Waals surface area (Å²) in [6.07, 6.45) is 3.50. The second kappa shape index (κ2) is 13.9.